The van der Waals surface area contributed by atoms with Crippen LogP contribution in [0.4, 0.5) is 18.9 Å². The second-order valence-corrected chi connectivity index (χ2v) is 18.9. The van der Waals surface area contributed by atoms with Crippen molar-refractivity contribution < 1.29 is 27.5 Å². The van der Waals surface area contributed by atoms with Crippen molar-refractivity contribution in [2.24, 2.45) is 13.0 Å². The Morgan fingerprint density at radius 1 is 0.871 bits per heavy atom. The third-order valence-electron chi connectivity index (χ3n) is 13.9. The Balaban J connectivity index is 0.723. The Morgan fingerprint density at radius 2 is 1.61 bits per heavy atom. The summed E-state index contributed by atoms with van der Waals surface area (Å²) in [7, 11) is 1.84. The van der Waals surface area contributed by atoms with Gasteiger partial charge in [-0.2, -0.15) is 13.2 Å². The van der Waals surface area contributed by atoms with Gasteiger partial charge in [0, 0.05) is 89.5 Å². The lowest BCUT2D eigenvalue weighted by molar-refractivity contribution is -0.136. The molecule has 3 aromatic heterocycles. The van der Waals surface area contributed by atoms with Gasteiger partial charge in [-0.3, -0.25) is 28.4 Å². The Labute approximate surface area is 405 Å². The van der Waals surface area contributed by atoms with E-state index in [2.05, 4.69) is 60.5 Å². The Bertz CT molecular complexity index is 2890. The number of carbonyl (C=O) groups is 2. The Morgan fingerprint density at radius 3 is 2.33 bits per heavy atom. The number of aromatic nitrogens is 5. The van der Waals surface area contributed by atoms with Crippen LogP contribution in [0.2, 0.25) is 0 Å². The van der Waals surface area contributed by atoms with Gasteiger partial charge in [-0.05, 0) is 116 Å². The van der Waals surface area contributed by atoms with Crippen LogP contribution in [0.15, 0.2) is 109 Å². The van der Waals surface area contributed by atoms with Crippen molar-refractivity contribution in [3.05, 3.63) is 159 Å². The van der Waals surface area contributed by atoms with E-state index in [1.807, 2.05) is 39.1 Å². The number of aryl methyl sites for hydroxylation is 1. The molecule has 6 heterocycles. The van der Waals surface area contributed by atoms with Crippen LogP contribution in [0, 0.1) is 5.92 Å². The first-order valence-electron chi connectivity index (χ1n) is 24.3. The number of amides is 2. The predicted molar refractivity (Wildman–Crippen MR) is 261 cm³/mol. The lowest BCUT2D eigenvalue weighted by Gasteiger charge is -2.36. The van der Waals surface area contributed by atoms with Gasteiger partial charge in [0.05, 0.1) is 23.4 Å². The number of benzene rings is 3. The molecule has 0 bridgehead atoms. The highest BCUT2D eigenvalue weighted by atomic mass is 19.4. The number of ether oxygens (including phenoxy) is 1. The summed E-state index contributed by atoms with van der Waals surface area (Å²) in [5, 5.41) is 10.8. The van der Waals surface area contributed by atoms with Gasteiger partial charge in [0.1, 0.15) is 18.2 Å². The van der Waals surface area contributed by atoms with Crippen LogP contribution in [-0.2, 0) is 55.4 Å². The first kappa shape index (κ1) is 48.5. The van der Waals surface area contributed by atoms with Crippen LogP contribution in [0.5, 0.6) is 0 Å². The van der Waals surface area contributed by atoms with Crippen molar-refractivity contribution in [3.8, 4) is 5.69 Å². The molecule has 14 nitrogen and oxygen atoms in total. The van der Waals surface area contributed by atoms with E-state index in [9.17, 15) is 27.6 Å². The van der Waals surface area contributed by atoms with Crippen LogP contribution < -0.4 is 15.9 Å². The molecule has 3 aliphatic rings. The van der Waals surface area contributed by atoms with E-state index >= 15 is 0 Å². The number of piperazine rings is 1. The van der Waals surface area contributed by atoms with Crippen molar-refractivity contribution in [1.29, 1.82) is 0 Å². The van der Waals surface area contributed by atoms with Gasteiger partial charge in [-0.15, -0.1) is 10.2 Å². The number of rotatable bonds is 17. The zero-order valence-electron chi connectivity index (χ0n) is 40.1. The number of halogens is 3. The number of imidazole rings is 1. The average molecular weight is 959 g/mol. The maximum Gasteiger partial charge on any atom is 0.418 e. The minimum absolute atomic E-state index is 0.0850. The first-order valence-corrected chi connectivity index (χ1v) is 24.3. The molecule has 0 radical (unpaired) electrons. The van der Waals surface area contributed by atoms with Gasteiger partial charge in [0.2, 0.25) is 5.91 Å². The van der Waals surface area contributed by atoms with Crippen molar-refractivity contribution in [3.63, 3.8) is 0 Å². The normalized spacial score (nSPS) is 16.7. The topological polar surface area (TPSA) is 125 Å². The molecule has 70 heavy (non-hydrogen) atoms. The summed E-state index contributed by atoms with van der Waals surface area (Å²) in [5.74, 6) is 0.829. The number of anilines is 1. The number of piperidine rings is 1. The number of fused-ring (bicyclic) bond motifs is 2. The summed E-state index contributed by atoms with van der Waals surface area (Å²) < 4.78 is 53.9. The van der Waals surface area contributed by atoms with Crippen molar-refractivity contribution in [1.82, 2.24) is 43.7 Å². The summed E-state index contributed by atoms with van der Waals surface area (Å²) >= 11 is 0. The maximum atomic E-state index is 14.5. The third-order valence-corrected chi connectivity index (χ3v) is 13.9. The molecule has 6 aromatic rings. The van der Waals surface area contributed by atoms with Crippen LogP contribution >= 0.6 is 0 Å². The zero-order chi connectivity index (χ0) is 48.9. The highest BCUT2D eigenvalue weighted by Gasteiger charge is 2.37. The second-order valence-electron chi connectivity index (χ2n) is 18.9. The fourth-order valence-corrected chi connectivity index (χ4v) is 10.0. The Kier molecular flexibility index (Phi) is 14.7. The molecule has 0 saturated carbocycles. The quantitative estimate of drug-likeness (QED) is 0.1000. The smallest absolute Gasteiger partial charge is 0.376 e. The summed E-state index contributed by atoms with van der Waals surface area (Å²) in [6.45, 7) is 11.6. The number of alkyl halides is 3. The molecule has 368 valence electrons. The minimum Gasteiger partial charge on any atom is -0.376 e. The summed E-state index contributed by atoms with van der Waals surface area (Å²) in [6.07, 6.45) is 6.75. The van der Waals surface area contributed by atoms with Gasteiger partial charge < -0.3 is 24.4 Å². The van der Waals surface area contributed by atoms with Gasteiger partial charge in [0.15, 0.2) is 0 Å². The SMILES string of the molecule is C/C=C\NC(=O)C(CCC)N1Cc2cc(N3CCN(Cc4ccc(COCC5CCN(Cc6cc(C(F)(F)F)c7cn(-c8cccc(Cc9nncn9C)c8)c(=O)n7c6)CC5)cc4)CC3)ccc2C1=O. The number of allylic oxidation sites excluding steroid dienone is 1. The van der Waals surface area contributed by atoms with Crippen molar-refractivity contribution in [2.75, 3.05) is 50.8 Å². The molecule has 1 N–H and O–H groups in total. The summed E-state index contributed by atoms with van der Waals surface area (Å²) in [6, 6.07) is 22.5. The molecule has 3 aliphatic heterocycles. The molecule has 1 unspecified atom stereocenters. The number of pyridine rings is 1. The molecule has 0 aliphatic carbocycles. The number of nitrogens with zero attached hydrogens (tertiary/aromatic N) is 9. The van der Waals surface area contributed by atoms with E-state index in [-0.39, 0.29) is 17.3 Å². The van der Waals surface area contributed by atoms with Crippen LogP contribution in [-0.4, -0.2) is 102 Å². The molecule has 9 rings (SSSR count). The van der Waals surface area contributed by atoms with Crippen LogP contribution in [0.3, 0.4) is 0 Å². The largest absolute Gasteiger partial charge is 0.418 e. The maximum absolute atomic E-state index is 14.5. The van der Waals surface area contributed by atoms with E-state index in [0.29, 0.717) is 61.9 Å². The van der Waals surface area contributed by atoms with Gasteiger partial charge in [0.25, 0.3) is 5.91 Å². The lowest BCUT2D eigenvalue weighted by Crippen LogP contribution is -2.46. The monoisotopic (exact) mass is 958 g/mol. The molecule has 2 saturated heterocycles. The van der Waals surface area contributed by atoms with E-state index in [0.717, 1.165) is 97.7 Å². The van der Waals surface area contributed by atoms with E-state index in [1.54, 1.807) is 52.5 Å². The first-order chi connectivity index (χ1) is 33.8. The fraction of sp³-hybridized carbons (Fsp3) is 0.415. The lowest BCUT2D eigenvalue weighted by atomic mass is 9.97. The second kappa shape index (κ2) is 21.2. The highest BCUT2D eigenvalue weighted by molar-refractivity contribution is 6.01. The fourth-order valence-electron chi connectivity index (χ4n) is 10.0. The molecular formula is C53H61F3N10O4. The van der Waals surface area contributed by atoms with Gasteiger partial charge in [-0.25, -0.2) is 4.79 Å². The van der Waals surface area contributed by atoms with Gasteiger partial charge >= 0.3 is 11.9 Å². The molecule has 2 amide bonds. The molecule has 2 fully saturated rings. The van der Waals surface area contributed by atoms with E-state index < -0.39 is 23.5 Å². The number of likely N-dealkylation sites (tertiary alicyclic amines) is 1. The standard InChI is InChI=1S/C53H61F3N10O4/c1-4-7-47(50(67)57-18-5-2)65-32-42-28-43(14-15-45(42)51(65)68)63-23-21-62(22-24-63)29-37-10-12-38(13-11-37)34-70-35-39-16-19-61(20-17-39)30-41-26-46(53(54,55)56)48-33-64(52(69)66(48)31-41)44-9-6-8-40(25-44)27-49-59-58-36-60(49)3/h5-6,8-15,18,25-26,28,31,33,36,39,47H,4,7,16-17,19-24,27,29-30,32,34-35H2,1-3H3,(H,57,67)/b18-5-. The van der Waals surface area contributed by atoms with Crippen molar-refractivity contribution in [2.45, 2.75) is 84.4 Å². The molecule has 3 aromatic carbocycles. The average Bonchev–Trinajstić information content (AvgIpc) is 4.03. The minimum atomic E-state index is -4.65. The van der Waals surface area contributed by atoms with Crippen LogP contribution in [0.25, 0.3) is 11.2 Å². The number of hydrogen-bond acceptors (Lipinski definition) is 9. The molecule has 1 atom stereocenters. The zero-order valence-corrected chi connectivity index (χ0v) is 40.1. The van der Waals surface area contributed by atoms with E-state index in [1.165, 1.54) is 22.4 Å². The summed E-state index contributed by atoms with van der Waals surface area (Å²) in [5.41, 5.74) is 5.27. The molecule has 17 heteroatoms. The van der Waals surface area contributed by atoms with Crippen molar-refractivity contribution >= 4 is 23.0 Å². The van der Waals surface area contributed by atoms with Gasteiger partial charge in [-0.1, -0.05) is 55.8 Å². The predicted octanol–water partition coefficient (Wildman–Crippen LogP) is 7.35. The highest BCUT2D eigenvalue weighted by Crippen LogP contribution is 2.35. The number of nitrogens with one attached hydrogen (secondary N) is 1. The van der Waals surface area contributed by atoms with Crippen LogP contribution in [0.1, 0.15) is 89.1 Å². The third kappa shape index (κ3) is 10.9. The number of hydrogen-bond donors (Lipinski definition) is 1. The molecular weight excluding hydrogens is 898 g/mol. The molecule has 0 spiro atoms. The number of carbonyl (C=O) groups excluding carboxylic acids is 2. The summed E-state index contributed by atoms with van der Waals surface area (Å²) in [4.78, 5) is 48.7. The Hall–Kier alpha value is -6.56. The van der Waals surface area contributed by atoms with E-state index in [4.69, 9.17) is 4.74 Å².